The van der Waals surface area contributed by atoms with Crippen LogP contribution in [0, 0.1) is 5.92 Å². The van der Waals surface area contributed by atoms with Gasteiger partial charge in [-0.1, -0.05) is 0 Å². The number of nitrogens with one attached hydrogen (secondary N) is 1. The molecule has 0 aromatic rings. The molecule has 0 aliphatic heterocycles. The molecule has 6 heteroatoms. The fraction of sp³-hybridized carbons (Fsp3) is 0.667. The molecule has 0 heterocycles. The van der Waals surface area contributed by atoms with Crippen molar-refractivity contribution in [3.8, 4) is 0 Å². The fourth-order valence-electron chi connectivity index (χ4n) is 0.900. The van der Waals surface area contributed by atoms with Gasteiger partial charge in [0.15, 0.2) is 0 Å². The molecule has 0 aromatic carbocycles. The molecule has 0 spiro atoms. The number of carboxylic acid groups (broad SMARTS) is 1. The van der Waals surface area contributed by atoms with Gasteiger partial charge in [0.1, 0.15) is 12.0 Å². The van der Waals surface area contributed by atoms with Crippen molar-refractivity contribution in [2.75, 3.05) is 14.1 Å². The summed E-state index contributed by atoms with van der Waals surface area (Å²) in [5.74, 6) is -3.30. The van der Waals surface area contributed by atoms with Crippen molar-refractivity contribution in [1.29, 1.82) is 0 Å². The van der Waals surface area contributed by atoms with Crippen LogP contribution in [0.4, 0.5) is 0 Å². The Morgan fingerprint density at radius 1 is 1.20 bits per heavy atom. The third-order valence-corrected chi connectivity index (χ3v) is 1.93. The first-order valence-electron chi connectivity index (χ1n) is 4.51. The highest BCUT2D eigenvalue weighted by molar-refractivity contribution is 5.98. The Morgan fingerprint density at radius 3 is 2.00 bits per heavy atom. The van der Waals surface area contributed by atoms with Crippen molar-refractivity contribution in [3.05, 3.63) is 0 Å². The van der Waals surface area contributed by atoms with Gasteiger partial charge in [-0.15, -0.1) is 0 Å². The summed E-state index contributed by atoms with van der Waals surface area (Å²) >= 11 is 0. The average molecular weight is 216 g/mol. The summed E-state index contributed by atoms with van der Waals surface area (Å²) in [6, 6.07) is -0.714. The van der Waals surface area contributed by atoms with Crippen molar-refractivity contribution in [1.82, 2.24) is 10.2 Å². The zero-order valence-corrected chi connectivity index (χ0v) is 9.27. The summed E-state index contributed by atoms with van der Waals surface area (Å²) in [5, 5.41) is 10.9. The van der Waals surface area contributed by atoms with Gasteiger partial charge in [-0.25, -0.2) is 0 Å². The van der Waals surface area contributed by atoms with E-state index in [-0.39, 0.29) is 5.91 Å². The van der Waals surface area contributed by atoms with Crippen LogP contribution >= 0.6 is 0 Å². The molecule has 2 amide bonds. The number of carboxylic acids is 1. The predicted molar refractivity (Wildman–Crippen MR) is 53.1 cm³/mol. The number of rotatable bonds is 4. The molecule has 0 aliphatic rings. The second-order valence-corrected chi connectivity index (χ2v) is 3.52. The first-order chi connectivity index (χ1) is 6.77. The first kappa shape index (κ1) is 13.4. The fourth-order valence-corrected chi connectivity index (χ4v) is 0.900. The molecule has 2 N–H and O–H groups in total. The minimum Gasteiger partial charge on any atom is -0.481 e. The summed E-state index contributed by atoms with van der Waals surface area (Å²) in [4.78, 5) is 34.4. The topological polar surface area (TPSA) is 86.7 Å². The number of likely N-dealkylation sites (N-methyl/N-ethyl adjacent to an activating group) is 1. The van der Waals surface area contributed by atoms with E-state index in [2.05, 4.69) is 5.32 Å². The number of nitrogens with zero attached hydrogens (tertiary/aromatic N) is 1. The van der Waals surface area contributed by atoms with Gasteiger partial charge in [0.05, 0.1) is 0 Å². The second kappa shape index (κ2) is 5.33. The molecule has 6 nitrogen and oxygen atoms in total. The highest BCUT2D eigenvalue weighted by Gasteiger charge is 2.24. The van der Waals surface area contributed by atoms with Gasteiger partial charge in [-0.3, -0.25) is 14.4 Å². The molecule has 0 aliphatic carbocycles. The second-order valence-electron chi connectivity index (χ2n) is 3.52. The molecule has 0 saturated heterocycles. The zero-order chi connectivity index (χ0) is 12.2. The van der Waals surface area contributed by atoms with Gasteiger partial charge in [0, 0.05) is 14.1 Å². The lowest BCUT2D eigenvalue weighted by Crippen LogP contribution is -2.47. The van der Waals surface area contributed by atoms with Gasteiger partial charge < -0.3 is 15.3 Å². The van der Waals surface area contributed by atoms with E-state index in [1.54, 1.807) is 14.1 Å². The molecular formula is C9H16N2O4. The largest absolute Gasteiger partial charge is 0.481 e. The summed E-state index contributed by atoms with van der Waals surface area (Å²) in [6.45, 7) is 2.78. The monoisotopic (exact) mass is 216 g/mol. The Labute approximate surface area is 88.2 Å². The molecule has 0 fully saturated rings. The van der Waals surface area contributed by atoms with E-state index in [0.29, 0.717) is 0 Å². The van der Waals surface area contributed by atoms with Crippen LogP contribution in [-0.4, -0.2) is 47.9 Å². The SMILES string of the molecule is CC(NC(=O)C(C)C(=O)O)C(=O)N(C)C. The molecule has 0 saturated carbocycles. The molecule has 0 rings (SSSR count). The average Bonchev–Trinajstić information content (AvgIpc) is 2.14. The van der Waals surface area contributed by atoms with Gasteiger partial charge >= 0.3 is 5.97 Å². The Bertz CT molecular complexity index is 275. The molecule has 0 aromatic heterocycles. The van der Waals surface area contributed by atoms with Crippen LogP contribution in [0.3, 0.4) is 0 Å². The summed E-state index contributed by atoms with van der Waals surface area (Å²) < 4.78 is 0. The van der Waals surface area contributed by atoms with Gasteiger partial charge in [0.2, 0.25) is 11.8 Å². The molecule has 15 heavy (non-hydrogen) atoms. The number of amides is 2. The quantitative estimate of drug-likeness (QED) is 0.608. The van der Waals surface area contributed by atoms with E-state index < -0.39 is 23.8 Å². The van der Waals surface area contributed by atoms with Crippen LogP contribution in [-0.2, 0) is 14.4 Å². The standard InChI is InChI=1S/C9H16N2O4/c1-5(9(14)15)7(12)10-6(2)8(13)11(3)4/h5-6H,1-4H3,(H,10,12)(H,14,15). The molecule has 2 unspecified atom stereocenters. The van der Waals surface area contributed by atoms with Crippen LogP contribution in [0.1, 0.15) is 13.8 Å². The summed E-state index contributed by atoms with van der Waals surface area (Å²) in [5.41, 5.74) is 0. The van der Waals surface area contributed by atoms with Crippen molar-refractivity contribution in [2.24, 2.45) is 5.92 Å². The molecule has 0 bridgehead atoms. The maximum atomic E-state index is 11.3. The van der Waals surface area contributed by atoms with Gasteiger partial charge in [-0.05, 0) is 13.8 Å². The van der Waals surface area contributed by atoms with E-state index in [4.69, 9.17) is 5.11 Å². The maximum absolute atomic E-state index is 11.3. The van der Waals surface area contributed by atoms with Gasteiger partial charge in [0.25, 0.3) is 0 Å². The zero-order valence-electron chi connectivity index (χ0n) is 9.27. The molecule has 86 valence electrons. The maximum Gasteiger partial charge on any atom is 0.315 e. The number of carbonyl (C=O) groups is 3. The van der Waals surface area contributed by atoms with E-state index in [1.807, 2.05) is 0 Å². The minimum atomic E-state index is -1.21. The van der Waals surface area contributed by atoms with Crippen LogP contribution in [0.25, 0.3) is 0 Å². The van der Waals surface area contributed by atoms with Crippen molar-refractivity contribution < 1.29 is 19.5 Å². The molecule has 2 atom stereocenters. The van der Waals surface area contributed by atoms with Crippen LogP contribution in [0.5, 0.6) is 0 Å². The Hall–Kier alpha value is -1.59. The highest BCUT2D eigenvalue weighted by atomic mass is 16.4. The van der Waals surface area contributed by atoms with E-state index in [1.165, 1.54) is 18.7 Å². The Kier molecular flexibility index (Phi) is 4.77. The normalized spacial score (nSPS) is 13.9. The lowest BCUT2D eigenvalue weighted by atomic mass is 10.1. The third kappa shape index (κ3) is 3.97. The van der Waals surface area contributed by atoms with Crippen molar-refractivity contribution in [2.45, 2.75) is 19.9 Å². The predicted octanol–water partition coefficient (Wildman–Crippen LogP) is -0.700. The summed E-state index contributed by atoms with van der Waals surface area (Å²) in [7, 11) is 3.12. The first-order valence-corrected chi connectivity index (χ1v) is 4.51. The minimum absolute atomic E-state index is 0.277. The highest BCUT2D eigenvalue weighted by Crippen LogP contribution is 1.97. The van der Waals surface area contributed by atoms with E-state index in [9.17, 15) is 14.4 Å². The van der Waals surface area contributed by atoms with Crippen molar-refractivity contribution >= 4 is 17.8 Å². The Morgan fingerprint density at radius 2 is 1.67 bits per heavy atom. The van der Waals surface area contributed by atoms with Crippen LogP contribution in [0.15, 0.2) is 0 Å². The van der Waals surface area contributed by atoms with Crippen LogP contribution < -0.4 is 5.32 Å². The number of hydrogen-bond acceptors (Lipinski definition) is 3. The molecular weight excluding hydrogens is 200 g/mol. The lowest BCUT2D eigenvalue weighted by molar-refractivity contribution is -0.147. The third-order valence-electron chi connectivity index (χ3n) is 1.93. The number of hydrogen-bond donors (Lipinski definition) is 2. The van der Waals surface area contributed by atoms with Crippen molar-refractivity contribution in [3.63, 3.8) is 0 Å². The lowest BCUT2D eigenvalue weighted by Gasteiger charge is -2.18. The van der Waals surface area contributed by atoms with E-state index >= 15 is 0 Å². The number of carbonyl (C=O) groups excluding carboxylic acids is 2. The summed E-state index contributed by atoms with van der Waals surface area (Å²) in [6.07, 6.45) is 0. The molecule has 0 radical (unpaired) electrons. The van der Waals surface area contributed by atoms with Crippen LogP contribution in [0.2, 0.25) is 0 Å². The van der Waals surface area contributed by atoms with Gasteiger partial charge in [-0.2, -0.15) is 0 Å². The number of aliphatic carboxylic acids is 1. The van der Waals surface area contributed by atoms with E-state index in [0.717, 1.165) is 0 Å². The smallest absolute Gasteiger partial charge is 0.315 e. The Balaban J connectivity index is 4.30.